The van der Waals surface area contributed by atoms with Crippen LogP contribution in [0.1, 0.15) is 26.3 Å². The maximum absolute atomic E-state index is 13.7. The number of carbonyl (C=O) groups is 2. The summed E-state index contributed by atoms with van der Waals surface area (Å²) in [7, 11) is 3.55. The molecule has 0 radical (unpaired) electrons. The minimum atomic E-state index is -0.395. The molecule has 2 heterocycles. The Hall–Kier alpha value is -4.17. The van der Waals surface area contributed by atoms with Crippen LogP contribution in [0.4, 0.5) is 17.1 Å². The van der Waals surface area contributed by atoms with E-state index >= 15 is 0 Å². The number of ketones is 1. The van der Waals surface area contributed by atoms with Gasteiger partial charge in [0.25, 0.3) is 0 Å². The average Bonchev–Trinajstić information content (AvgIpc) is 3.33. The number of hydrogen-bond acceptors (Lipinski definition) is 7. The Labute approximate surface area is 202 Å². The van der Waals surface area contributed by atoms with Gasteiger partial charge in [-0.2, -0.15) is 0 Å². The second-order valence-corrected chi connectivity index (χ2v) is 9.07. The Kier molecular flexibility index (Phi) is 5.04. The highest BCUT2D eigenvalue weighted by Crippen LogP contribution is 2.46. The molecule has 6 rings (SSSR count). The van der Waals surface area contributed by atoms with E-state index in [2.05, 4.69) is 22.4 Å². The number of esters is 1. The number of fused-ring (bicyclic) bond motifs is 2. The molecule has 0 saturated carbocycles. The van der Waals surface area contributed by atoms with Gasteiger partial charge in [-0.1, -0.05) is 29.4 Å². The first kappa shape index (κ1) is 21.4. The smallest absolute Gasteiger partial charge is 0.337 e. The molecule has 8 nitrogen and oxygen atoms in total. The van der Waals surface area contributed by atoms with Crippen molar-refractivity contribution in [2.75, 3.05) is 50.6 Å². The molecule has 1 aliphatic carbocycles. The molecular weight excluding hydrogens is 444 g/mol. The summed E-state index contributed by atoms with van der Waals surface area (Å²) in [4.78, 5) is 29.4. The molecule has 1 aliphatic heterocycles. The van der Waals surface area contributed by atoms with Crippen molar-refractivity contribution in [2.45, 2.75) is 0 Å². The van der Waals surface area contributed by atoms with E-state index in [0.717, 1.165) is 48.5 Å². The van der Waals surface area contributed by atoms with Gasteiger partial charge in [-0.05, 0) is 30.3 Å². The number of aromatic nitrogens is 1. The summed E-state index contributed by atoms with van der Waals surface area (Å²) in [6.45, 7) is 3.82. The Morgan fingerprint density at radius 3 is 2.51 bits per heavy atom. The van der Waals surface area contributed by atoms with Gasteiger partial charge in [0.15, 0.2) is 11.5 Å². The van der Waals surface area contributed by atoms with E-state index in [4.69, 9.17) is 9.26 Å². The zero-order valence-electron chi connectivity index (χ0n) is 19.6. The molecule has 2 aliphatic rings. The number of piperazine rings is 1. The van der Waals surface area contributed by atoms with Crippen LogP contribution < -0.4 is 15.1 Å². The molecule has 1 saturated heterocycles. The van der Waals surface area contributed by atoms with Crippen LogP contribution in [0.2, 0.25) is 0 Å². The van der Waals surface area contributed by atoms with Crippen LogP contribution in [-0.4, -0.2) is 57.2 Å². The van der Waals surface area contributed by atoms with E-state index in [1.165, 1.54) is 12.0 Å². The lowest BCUT2D eigenvalue weighted by Gasteiger charge is -2.32. The van der Waals surface area contributed by atoms with Crippen LogP contribution in [0.15, 0.2) is 59.1 Å². The van der Waals surface area contributed by atoms with Crippen LogP contribution in [0, 0.1) is 0 Å². The number of likely N-dealkylation sites (N-methyl/N-ethyl adjacent to an activating group) is 1. The molecule has 1 fully saturated rings. The summed E-state index contributed by atoms with van der Waals surface area (Å²) in [5.74, 6) is 0.161. The minimum absolute atomic E-state index is 0.0654. The van der Waals surface area contributed by atoms with Crippen LogP contribution in [0.25, 0.3) is 22.2 Å². The van der Waals surface area contributed by atoms with E-state index in [-0.39, 0.29) is 5.78 Å². The third-order valence-electron chi connectivity index (χ3n) is 6.92. The summed E-state index contributed by atoms with van der Waals surface area (Å²) in [5.41, 5.74) is 5.48. The highest BCUT2D eigenvalue weighted by atomic mass is 16.5. The number of hydrogen-bond donors (Lipinski definition) is 2. The molecule has 2 N–H and O–H groups in total. The summed E-state index contributed by atoms with van der Waals surface area (Å²) in [6.07, 6.45) is 0. The monoisotopic (exact) mass is 469 g/mol. The minimum Gasteiger partial charge on any atom is -0.465 e. The van der Waals surface area contributed by atoms with Gasteiger partial charge < -0.3 is 24.4 Å². The standard InChI is InChI=1S/C27H24N4O4/c1-30-11-13-31(14-12-30)21-15-20(28-17-9-7-16(8-10-17)27(33)34-2)22-23-24(21)29-35-26(23)19-6-4-3-5-18(19)25(22)32/h3-10,15,28H,11-14H2,1-2H3/p+1. The third-order valence-corrected chi connectivity index (χ3v) is 6.92. The van der Waals surface area contributed by atoms with Gasteiger partial charge in [-0.15, -0.1) is 0 Å². The first-order valence-electron chi connectivity index (χ1n) is 11.7. The summed E-state index contributed by atoms with van der Waals surface area (Å²) in [5, 5.41) is 8.62. The molecule has 0 amide bonds. The molecule has 3 aromatic carbocycles. The van der Waals surface area contributed by atoms with Crippen molar-refractivity contribution >= 4 is 39.7 Å². The Morgan fingerprint density at radius 1 is 1.09 bits per heavy atom. The SMILES string of the molecule is COC(=O)c1ccc(Nc2cc(N3CC[NH+](C)CC3)c3noc4c3c2C(=O)c2ccccc2-4)cc1. The third kappa shape index (κ3) is 3.45. The fraction of sp³-hybridized carbons (Fsp3) is 0.222. The number of benzene rings is 3. The van der Waals surface area contributed by atoms with Crippen molar-refractivity contribution in [3.63, 3.8) is 0 Å². The van der Waals surface area contributed by atoms with Gasteiger partial charge >= 0.3 is 5.97 Å². The number of ether oxygens (including phenoxy) is 1. The van der Waals surface area contributed by atoms with Crippen molar-refractivity contribution in [3.05, 3.63) is 71.3 Å². The zero-order chi connectivity index (χ0) is 24.1. The first-order valence-corrected chi connectivity index (χ1v) is 11.7. The molecule has 0 bridgehead atoms. The first-order chi connectivity index (χ1) is 17.0. The lowest BCUT2D eigenvalue weighted by atomic mass is 9.86. The molecule has 176 valence electrons. The topological polar surface area (TPSA) is 89.1 Å². The highest BCUT2D eigenvalue weighted by Gasteiger charge is 2.34. The van der Waals surface area contributed by atoms with Crippen molar-refractivity contribution in [2.24, 2.45) is 0 Å². The number of methoxy groups -OCH3 is 1. The number of carbonyl (C=O) groups excluding carboxylic acids is 2. The van der Waals surface area contributed by atoms with E-state index in [1.807, 2.05) is 30.3 Å². The van der Waals surface area contributed by atoms with Gasteiger partial charge in [-0.3, -0.25) is 4.79 Å². The van der Waals surface area contributed by atoms with Crippen molar-refractivity contribution in [3.8, 4) is 11.3 Å². The second-order valence-electron chi connectivity index (χ2n) is 9.07. The number of rotatable bonds is 4. The van der Waals surface area contributed by atoms with Gasteiger partial charge in [0.2, 0.25) is 0 Å². The molecule has 0 atom stereocenters. The molecule has 8 heteroatoms. The summed E-state index contributed by atoms with van der Waals surface area (Å²) < 4.78 is 10.7. The van der Waals surface area contributed by atoms with Crippen molar-refractivity contribution in [1.29, 1.82) is 0 Å². The van der Waals surface area contributed by atoms with Gasteiger partial charge in [0, 0.05) is 16.8 Å². The van der Waals surface area contributed by atoms with Crippen molar-refractivity contribution < 1.29 is 23.7 Å². The van der Waals surface area contributed by atoms with Crippen LogP contribution >= 0.6 is 0 Å². The highest BCUT2D eigenvalue weighted by molar-refractivity contribution is 6.28. The van der Waals surface area contributed by atoms with E-state index in [1.54, 1.807) is 24.3 Å². The molecule has 0 unspecified atom stereocenters. The Balaban J connectivity index is 1.52. The normalized spacial score (nSPS) is 15.3. The number of quaternary nitrogens is 1. The number of anilines is 3. The lowest BCUT2D eigenvalue weighted by molar-refractivity contribution is -0.880. The van der Waals surface area contributed by atoms with Crippen LogP contribution in [-0.2, 0) is 4.74 Å². The largest absolute Gasteiger partial charge is 0.465 e. The van der Waals surface area contributed by atoms with E-state index in [0.29, 0.717) is 33.7 Å². The predicted molar refractivity (Wildman–Crippen MR) is 133 cm³/mol. The zero-order valence-corrected chi connectivity index (χ0v) is 19.6. The summed E-state index contributed by atoms with van der Waals surface area (Å²) in [6, 6.07) is 16.5. The molecule has 4 aromatic rings. The van der Waals surface area contributed by atoms with E-state index < -0.39 is 5.97 Å². The fourth-order valence-corrected chi connectivity index (χ4v) is 4.97. The maximum Gasteiger partial charge on any atom is 0.337 e. The maximum atomic E-state index is 13.7. The van der Waals surface area contributed by atoms with E-state index in [9.17, 15) is 9.59 Å². The van der Waals surface area contributed by atoms with Gasteiger partial charge in [0.05, 0.1) is 68.2 Å². The summed E-state index contributed by atoms with van der Waals surface area (Å²) >= 11 is 0. The average molecular weight is 470 g/mol. The van der Waals surface area contributed by atoms with Crippen LogP contribution in [0.3, 0.4) is 0 Å². The fourth-order valence-electron chi connectivity index (χ4n) is 4.97. The Bertz CT molecular complexity index is 1470. The van der Waals surface area contributed by atoms with Crippen molar-refractivity contribution in [1.82, 2.24) is 5.16 Å². The van der Waals surface area contributed by atoms with Gasteiger partial charge in [0.1, 0.15) is 5.52 Å². The molecule has 35 heavy (non-hydrogen) atoms. The quantitative estimate of drug-likeness (QED) is 0.391. The lowest BCUT2D eigenvalue weighted by Crippen LogP contribution is -3.12. The molecule has 1 aromatic heterocycles. The molecule has 0 spiro atoms. The Morgan fingerprint density at radius 2 is 1.80 bits per heavy atom. The second kappa shape index (κ2) is 8.25. The van der Waals surface area contributed by atoms with Crippen LogP contribution in [0.5, 0.6) is 0 Å². The number of nitrogens with one attached hydrogen (secondary N) is 2. The predicted octanol–water partition coefficient (Wildman–Crippen LogP) is 2.90. The van der Waals surface area contributed by atoms with Gasteiger partial charge in [-0.25, -0.2) is 4.79 Å². The number of nitrogens with zero attached hydrogens (tertiary/aromatic N) is 2. The molecular formula is C27H25N4O4+.